The molecule has 4 rings (SSSR count). The van der Waals surface area contributed by atoms with E-state index in [1.165, 1.54) is 6.42 Å². The van der Waals surface area contributed by atoms with Crippen LogP contribution in [-0.4, -0.2) is 15.9 Å². The van der Waals surface area contributed by atoms with Crippen LogP contribution in [0, 0.1) is 12.3 Å². The van der Waals surface area contributed by atoms with Gasteiger partial charge in [0.25, 0.3) is 0 Å². The summed E-state index contributed by atoms with van der Waals surface area (Å²) >= 11 is 6.52. The average Bonchev–Trinajstić information content (AvgIpc) is 2.85. The van der Waals surface area contributed by atoms with Crippen molar-refractivity contribution in [1.29, 1.82) is 0 Å². The van der Waals surface area contributed by atoms with Crippen LogP contribution < -0.4 is 15.4 Å². The first-order chi connectivity index (χ1) is 16.9. The van der Waals surface area contributed by atoms with Crippen LogP contribution in [0.1, 0.15) is 62.8 Å². The number of hydrogen-bond donors (Lipinski definition) is 2. The molecule has 0 saturated heterocycles. The smallest absolute Gasteiger partial charge is 0.226 e. The number of aromatic nitrogens is 2. The number of amides is 1. The Morgan fingerprint density at radius 2 is 2.03 bits per heavy atom. The Bertz CT molecular complexity index is 1240. The largest absolute Gasteiger partial charge is 0.487 e. The minimum Gasteiger partial charge on any atom is -0.487 e. The van der Waals surface area contributed by atoms with Gasteiger partial charge in [0.2, 0.25) is 5.91 Å². The quantitative estimate of drug-likeness (QED) is 0.365. The number of hydrogen-bond acceptors (Lipinski definition) is 5. The molecule has 1 aliphatic carbocycles. The minimum atomic E-state index is -0.299. The molecule has 6 nitrogen and oxygen atoms in total. The first-order valence-electron chi connectivity index (χ1n) is 12.2. The molecule has 0 bridgehead atoms. The number of benzene rings is 1. The molecule has 2 aromatic heterocycles. The van der Waals surface area contributed by atoms with Crippen molar-refractivity contribution in [2.45, 2.75) is 66.0 Å². The number of carbonyl (C=O) groups excluding carboxylic acids is 1. The number of anilines is 1. The number of halogens is 1. The second-order valence-corrected chi connectivity index (χ2v) is 9.87. The Morgan fingerprint density at radius 1 is 1.23 bits per heavy atom. The van der Waals surface area contributed by atoms with E-state index in [1.54, 1.807) is 12.4 Å². The summed E-state index contributed by atoms with van der Waals surface area (Å²) in [5, 5.41) is 7.91. The first kappa shape index (κ1) is 25.0. The molecule has 2 heterocycles. The van der Waals surface area contributed by atoms with Gasteiger partial charge in [0, 0.05) is 46.7 Å². The molecule has 1 aliphatic rings. The summed E-state index contributed by atoms with van der Waals surface area (Å²) in [6.45, 7) is 6.61. The van der Waals surface area contributed by atoms with E-state index in [0.29, 0.717) is 17.3 Å². The van der Waals surface area contributed by atoms with E-state index >= 15 is 0 Å². The minimum absolute atomic E-state index is 0.0962. The molecule has 0 spiro atoms. The number of nitrogens with zero attached hydrogens (tertiary/aromatic N) is 2. The maximum absolute atomic E-state index is 12.9. The third kappa shape index (κ3) is 5.76. The molecule has 1 fully saturated rings. The van der Waals surface area contributed by atoms with Crippen LogP contribution in [-0.2, 0) is 17.9 Å². The fraction of sp³-hybridized carbons (Fsp3) is 0.393. The standard InChI is InChI=1S/C28H33ClN4O2/c1-4-13-31-24-14-19(2)33-26-21(24)9-8-10-25(26)35-18-22-20(15-30-17-23(22)29)16-32-27(34)28(3)11-6-5-7-12-28/h4,8-10,13-15,17H,5-7,11-12,16,18H2,1-3H3,(H,31,33)(H,32,34)/b13-4-. The van der Waals surface area contributed by atoms with Crippen LogP contribution >= 0.6 is 11.6 Å². The van der Waals surface area contributed by atoms with E-state index in [2.05, 4.69) is 22.5 Å². The highest BCUT2D eigenvalue weighted by molar-refractivity contribution is 6.31. The van der Waals surface area contributed by atoms with Gasteiger partial charge in [-0.25, -0.2) is 4.98 Å². The van der Waals surface area contributed by atoms with Gasteiger partial charge in [-0.3, -0.25) is 9.78 Å². The van der Waals surface area contributed by atoms with Crippen LogP contribution in [0.5, 0.6) is 5.75 Å². The van der Waals surface area contributed by atoms with Crippen LogP contribution in [0.25, 0.3) is 10.9 Å². The van der Waals surface area contributed by atoms with Crippen LogP contribution in [0.15, 0.2) is 48.9 Å². The van der Waals surface area contributed by atoms with Gasteiger partial charge in [-0.05, 0) is 50.6 Å². The number of para-hydroxylation sites is 1. The number of carbonyl (C=O) groups is 1. The summed E-state index contributed by atoms with van der Waals surface area (Å²) in [6.07, 6.45) is 12.5. The van der Waals surface area contributed by atoms with Crippen molar-refractivity contribution in [2.24, 2.45) is 5.41 Å². The van der Waals surface area contributed by atoms with Gasteiger partial charge in [-0.1, -0.05) is 56.0 Å². The van der Waals surface area contributed by atoms with Gasteiger partial charge in [0.1, 0.15) is 17.9 Å². The second kappa shape index (κ2) is 11.1. The lowest BCUT2D eigenvalue weighted by atomic mass is 9.75. The normalized spacial score (nSPS) is 15.3. The predicted molar refractivity (Wildman–Crippen MR) is 142 cm³/mol. The number of ether oxygens (including phenoxy) is 1. The van der Waals surface area contributed by atoms with Crippen molar-refractivity contribution in [2.75, 3.05) is 5.32 Å². The summed E-state index contributed by atoms with van der Waals surface area (Å²) in [6, 6.07) is 7.90. The summed E-state index contributed by atoms with van der Waals surface area (Å²) < 4.78 is 6.25. The molecule has 7 heteroatoms. The predicted octanol–water partition coefficient (Wildman–Crippen LogP) is 6.70. The Balaban J connectivity index is 1.53. The third-order valence-corrected chi connectivity index (χ3v) is 7.07. The van der Waals surface area contributed by atoms with Gasteiger partial charge < -0.3 is 15.4 Å². The second-order valence-electron chi connectivity index (χ2n) is 9.46. The van der Waals surface area contributed by atoms with E-state index in [0.717, 1.165) is 59.1 Å². The van der Waals surface area contributed by atoms with Crippen molar-refractivity contribution >= 4 is 34.1 Å². The fourth-order valence-corrected chi connectivity index (χ4v) is 4.91. The SMILES string of the molecule is C/C=C\Nc1cc(C)nc2c(OCc3c(Cl)cncc3CNC(=O)C3(C)CCCCC3)cccc12. The van der Waals surface area contributed by atoms with Gasteiger partial charge >= 0.3 is 0 Å². The lowest BCUT2D eigenvalue weighted by Crippen LogP contribution is -2.40. The third-order valence-electron chi connectivity index (χ3n) is 6.75. The number of rotatable bonds is 8. The topological polar surface area (TPSA) is 76.1 Å². The number of pyridine rings is 2. The van der Waals surface area contributed by atoms with Crippen LogP contribution in [0.4, 0.5) is 5.69 Å². The molecule has 1 amide bonds. The van der Waals surface area contributed by atoms with E-state index in [4.69, 9.17) is 21.3 Å². The molecule has 1 aromatic carbocycles. The van der Waals surface area contributed by atoms with Crippen molar-refractivity contribution in [3.63, 3.8) is 0 Å². The lowest BCUT2D eigenvalue weighted by molar-refractivity contribution is -0.132. The summed E-state index contributed by atoms with van der Waals surface area (Å²) in [5.41, 5.74) is 4.01. The van der Waals surface area contributed by atoms with E-state index in [-0.39, 0.29) is 17.9 Å². The highest BCUT2D eigenvalue weighted by Crippen LogP contribution is 2.36. The lowest BCUT2D eigenvalue weighted by Gasteiger charge is -2.32. The number of aryl methyl sites for hydroxylation is 1. The Labute approximate surface area is 212 Å². The number of nitrogens with one attached hydrogen (secondary N) is 2. The molecule has 2 N–H and O–H groups in total. The number of allylic oxidation sites excluding steroid dienone is 1. The maximum Gasteiger partial charge on any atom is 0.226 e. The zero-order chi connectivity index (χ0) is 24.8. The molecule has 0 radical (unpaired) electrons. The fourth-order valence-electron chi connectivity index (χ4n) is 4.67. The summed E-state index contributed by atoms with van der Waals surface area (Å²) in [4.78, 5) is 21.9. The van der Waals surface area contributed by atoms with Crippen molar-refractivity contribution < 1.29 is 9.53 Å². The molecule has 0 atom stereocenters. The van der Waals surface area contributed by atoms with Crippen LogP contribution in [0.3, 0.4) is 0 Å². The monoisotopic (exact) mass is 492 g/mol. The molecule has 35 heavy (non-hydrogen) atoms. The zero-order valence-electron chi connectivity index (χ0n) is 20.7. The molecule has 184 valence electrons. The Kier molecular flexibility index (Phi) is 7.91. The van der Waals surface area contributed by atoms with E-state index < -0.39 is 0 Å². The van der Waals surface area contributed by atoms with Gasteiger partial charge in [0.05, 0.1) is 5.02 Å². The Morgan fingerprint density at radius 3 is 2.80 bits per heavy atom. The molecule has 1 saturated carbocycles. The van der Waals surface area contributed by atoms with Gasteiger partial charge in [0.15, 0.2) is 0 Å². The van der Waals surface area contributed by atoms with E-state index in [9.17, 15) is 4.79 Å². The molecular weight excluding hydrogens is 460 g/mol. The molecule has 0 unspecified atom stereocenters. The van der Waals surface area contributed by atoms with Crippen molar-refractivity contribution in [1.82, 2.24) is 15.3 Å². The van der Waals surface area contributed by atoms with E-state index in [1.807, 2.05) is 50.4 Å². The zero-order valence-corrected chi connectivity index (χ0v) is 21.4. The van der Waals surface area contributed by atoms with Crippen LogP contribution in [0.2, 0.25) is 5.02 Å². The van der Waals surface area contributed by atoms with Gasteiger partial charge in [-0.2, -0.15) is 0 Å². The summed E-state index contributed by atoms with van der Waals surface area (Å²) in [5.74, 6) is 0.770. The number of fused-ring (bicyclic) bond motifs is 1. The highest BCUT2D eigenvalue weighted by atomic mass is 35.5. The molecule has 3 aromatic rings. The molecular formula is C28H33ClN4O2. The maximum atomic E-state index is 12.9. The van der Waals surface area contributed by atoms with Crippen molar-refractivity contribution in [3.05, 3.63) is 70.8 Å². The highest BCUT2D eigenvalue weighted by Gasteiger charge is 2.34. The summed E-state index contributed by atoms with van der Waals surface area (Å²) in [7, 11) is 0. The van der Waals surface area contributed by atoms with Gasteiger partial charge in [-0.15, -0.1) is 0 Å². The molecule has 0 aliphatic heterocycles. The Hall–Kier alpha value is -3.12. The first-order valence-corrected chi connectivity index (χ1v) is 12.6. The average molecular weight is 493 g/mol. The van der Waals surface area contributed by atoms with Crippen molar-refractivity contribution in [3.8, 4) is 5.75 Å².